The summed E-state index contributed by atoms with van der Waals surface area (Å²) < 4.78 is 1.98. The van der Waals surface area contributed by atoms with Crippen LogP contribution in [0.1, 0.15) is 26.3 Å². The first-order valence-corrected chi connectivity index (χ1v) is 10.8. The molecule has 7 nitrogen and oxygen atoms in total. The molecule has 0 spiro atoms. The molecule has 0 aliphatic carbocycles. The Balaban J connectivity index is 1.68. The van der Waals surface area contributed by atoms with Crippen molar-refractivity contribution in [1.29, 1.82) is 0 Å². The van der Waals surface area contributed by atoms with Crippen molar-refractivity contribution in [2.75, 3.05) is 16.4 Å². The number of carbonyl (C=O) groups excluding carboxylic acids is 2. The Bertz CT molecular complexity index is 1030. The highest BCUT2D eigenvalue weighted by Crippen LogP contribution is 2.25. The minimum atomic E-state index is -0.113. The number of aryl methyl sites for hydroxylation is 1. The summed E-state index contributed by atoms with van der Waals surface area (Å²) in [5.41, 5.74) is 3.58. The summed E-state index contributed by atoms with van der Waals surface area (Å²) in [5.74, 6) is 0.786. The van der Waals surface area contributed by atoms with Gasteiger partial charge in [-0.15, -0.1) is 10.2 Å². The predicted molar refractivity (Wildman–Crippen MR) is 121 cm³/mol. The molecule has 1 aromatic heterocycles. The van der Waals surface area contributed by atoms with Gasteiger partial charge in [-0.25, -0.2) is 0 Å². The van der Waals surface area contributed by atoms with E-state index in [1.54, 1.807) is 0 Å². The molecule has 2 aromatic carbocycles. The Kier molecular flexibility index (Phi) is 7.24. The highest BCUT2D eigenvalue weighted by molar-refractivity contribution is 7.99. The summed E-state index contributed by atoms with van der Waals surface area (Å²) in [6.07, 6.45) is 0.859. The smallest absolute Gasteiger partial charge is 0.234 e. The van der Waals surface area contributed by atoms with Crippen LogP contribution in [0.3, 0.4) is 0 Å². The van der Waals surface area contributed by atoms with Gasteiger partial charge in [0.15, 0.2) is 11.0 Å². The molecule has 0 radical (unpaired) electrons. The average molecular weight is 424 g/mol. The molecule has 0 fully saturated rings. The number of amides is 2. The molecule has 2 N–H and O–H groups in total. The second-order valence-corrected chi connectivity index (χ2v) is 7.60. The molecule has 0 atom stereocenters. The van der Waals surface area contributed by atoms with Crippen LogP contribution >= 0.6 is 11.8 Å². The topological polar surface area (TPSA) is 88.9 Å². The van der Waals surface area contributed by atoms with Crippen molar-refractivity contribution in [2.45, 2.75) is 38.9 Å². The first-order valence-electron chi connectivity index (χ1n) is 9.83. The summed E-state index contributed by atoms with van der Waals surface area (Å²) in [4.78, 5) is 23.6. The van der Waals surface area contributed by atoms with Gasteiger partial charge in [-0.05, 0) is 49.2 Å². The third-order valence-electron chi connectivity index (χ3n) is 4.50. The van der Waals surface area contributed by atoms with E-state index in [9.17, 15) is 9.59 Å². The molecule has 156 valence electrons. The van der Waals surface area contributed by atoms with E-state index in [0.717, 1.165) is 34.7 Å². The van der Waals surface area contributed by atoms with Crippen LogP contribution in [0, 0.1) is 0 Å². The van der Waals surface area contributed by atoms with Crippen molar-refractivity contribution in [3.63, 3.8) is 0 Å². The van der Waals surface area contributed by atoms with Crippen molar-refractivity contribution in [3.8, 4) is 11.4 Å². The zero-order valence-electron chi connectivity index (χ0n) is 17.3. The van der Waals surface area contributed by atoms with E-state index >= 15 is 0 Å². The summed E-state index contributed by atoms with van der Waals surface area (Å²) in [7, 11) is 0. The monoisotopic (exact) mass is 423 g/mol. The molecule has 8 heteroatoms. The Morgan fingerprint density at radius 3 is 2.40 bits per heavy atom. The fourth-order valence-corrected chi connectivity index (χ4v) is 3.87. The van der Waals surface area contributed by atoms with E-state index in [0.29, 0.717) is 11.7 Å². The Morgan fingerprint density at radius 2 is 1.73 bits per heavy atom. The van der Waals surface area contributed by atoms with E-state index in [1.165, 1.54) is 18.7 Å². The third-order valence-corrected chi connectivity index (χ3v) is 5.47. The van der Waals surface area contributed by atoms with Crippen molar-refractivity contribution >= 4 is 35.0 Å². The highest BCUT2D eigenvalue weighted by Gasteiger charge is 2.15. The summed E-state index contributed by atoms with van der Waals surface area (Å²) in [6.45, 7) is 6.23. The number of anilines is 2. The molecular formula is C22H25N5O2S. The van der Waals surface area contributed by atoms with E-state index in [4.69, 9.17) is 0 Å². The van der Waals surface area contributed by atoms with Crippen molar-refractivity contribution in [1.82, 2.24) is 14.8 Å². The maximum atomic E-state index is 12.4. The van der Waals surface area contributed by atoms with Crippen LogP contribution in [0.4, 0.5) is 11.4 Å². The number of nitrogens with zero attached hydrogens (tertiary/aromatic N) is 3. The number of carbonyl (C=O) groups is 2. The Morgan fingerprint density at radius 1 is 1.00 bits per heavy atom. The first kappa shape index (κ1) is 21.6. The molecule has 0 aliphatic heterocycles. The Labute approximate surface area is 180 Å². The largest absolute Gasteiger partial charge is 0.326 e. The molecule has 3 rings (SSSR count). The second-order valence-electron chi connectivity index (χ2n) is 6.66. The standard InChI is InChI=1S/C22H25N5O2S/c1-4-16-8-6-7-9-19(16)24-20(29)14-30-22-26-25-21(27(22)5-2)17-10-12-18(13-11-17)23-15(3)28/h6-13H,4-5,14H2,1-3H3,(H,23,28)(H,24,29). The number of benzene rings is 2. The van der Waals surface area contributed by atoms with Crippen molar-refractivity contribution < 1.29 is 9.59 Å². The molecule has 0 unspecified atom stereocenters. The molecule has 2 amide bonds. The van der Waals surface area contributed by atoms with Gasteiger partial charge in [0, 0.05) is 30.4 Å². The van der Waals surface area contributed by atoms with Gasteiger partial charge in [0.2, 0.25) is 11.8 Å². The second kappa shape index (κ2) is 10.1. The molecular weight excluding hydrogens is 398 g/mol. The summed E-state index contributed by atoms with van der Waals surface area (Å²) >= 11 is 1.36. The van der Waals surface area contributed by atoms with E-state index in [2.05, 4.69) is 27.8 Å². The minimum absolute atomic E-state index is 0.0761. The van der Waals surface area contributed by atoms with E-state index < -0.39 is 0 Å². The van der Waals surface area contributed by atoms with Gasteiger partial charge in [-0.1, -0.05) is 36.9 Å². The fraction of sp³-hybridized carbons (Fsp3) is 0.273. The van der Waals surface area contributed by atoms with Gasteiger partial charge in [0.1, 0.15) is 0 Å². The zero-order chi connectivity index (χ0) is 21.5. The van der Waals surface area contributed by atoms with Crippen LogP contribution in [0.25, 0.3) is 11.4 Å². The molecule has 1 heterocycles. The molecule has 0 aliphatic rings. The number of hydrogen-bond acceptors (Lipinski definition) is 5. The van der Waals surface area contributed by atoms with Crippen molar-refractivity contribution in [2.24, 2.45) is 0 Å². The summed E-state index contributed by atoms with van der Waals surface area (Å²) in [6, 6.07) is 15.3. The van der Waals surface area contributed by atoms with Gasteiger partial charge >= 0.3 is 0 Å². The molecule has 0 saturated carbocycles. The number of rotatable bonds is 8. The van der Waals surface area contributed by atoms with Crippen LogP contribution in [-0.2, 0) is 22.6 Å². The van der Waals surface area contributed by atoms with Crippen LogP contribution in [0.5, 0.6) is 0 Å². The number of aromatic nitrogens is 3. The average Bonchev–Trinajstić information content (AvgIpc) is 3.15. The van der Waals surface area contributed by atoms with Crippen LogP contribution in [0.2, 0.25) is 0 Å². The summed E-state index contributed by atoms with van der Waals surface area (Å²) in [5, 5.41) is 15.0. The fourth-order valence-electron chi connectivity index (χ4n) is 3.07. The van der Waals surface area contributed by atoms with Gasteiger partial charge in [-0.2, -0.15) is 0 Å². The maximum Gasteiger partial charge on any atom is 0.234 e. The van der Waals surface area contributed by atoms with Gasteiger partial charge in [-0.3, -0.25) is 9.59 Å². The predicted octanol–water partition coefficient (Wildman–Crippen LogP) is 4.22. The first-order chi connectivity index (χ1) is 14.5. The van der Waals surface area contributed by atoms with E-state index in [-0.39, 0.29) is 17.6 Å². The lowest BCUT2D eigenvalue weighted by molar-refractivity contribution is -0.114. The lowest BCUT2D eigenvalue weighted by atomic mass is 10.1. The maximum absolute atomic E-state index is 12.4. The van der Waals surface area contributed by atoms with Crippen LogP contribution < -0.4 is 10.6 Å². The van der Waals surface area contributed by atoms with Crippen molar-refractivity contribution in [3.05, 3.63) is 54.1 Å². The molecule has 30 heavy (non-hydrogen) atoms. The zero-order valence-corrected chi connectivity index (χ0v) is 18.1. The van der Waals surface area contributed by atoms with Gasteiger partial charge in [0.05, 0.1) is 5.75 Å². The molecule has 3 aromatic rings. The number of hydrogen-bond donors (Lipinski definition) is 2. The lowest BCUT2D eigenvalue weighted by Crippen LogP contribution is -2.15. The minimum Gasteiger partial charge on any atom is -0.326 e. The number of nitrogens with one attached hydrogen (secondary N) is 2. The number of thioether (sulfide) groups is 1. The van der Waals surface area contributed by atoms with Crippen LogP contribution in [-0.4, -0.2) is 32.3 Å². The quantitative estimate of drug-likeness (QED) is 0.530. The van der Waals surface area contributed by atoms with Gasteiger partial charge in [0.25, 0.3) is 0 Å². The molecule has 0 saturated heterocycles. The number of para-hydroxylation sites is 1. The normalized spacial score (nSPS) is 10.6. The van der Waals surface area contributed by atoms with Crippen LogP contribution in [0.15, 0.2) is 53.7 Å². The lowest BCUT2D eigenvalue weighted by Gasteiger charge is -2.10. The molecule has 0 bridgehead atoms. The highest BCUT2D eigenvalue weighted by atomic mass is 32.2. The third kappa shape index (κ3) is 5.27. The Hall–Kier alpha value is -3.13. The van der Waals surface area contributed by atoms with E-state index in [1.807, 2.05) is 60.0 Å². The van der Waals surface area contributed by atoms with Gasteiger partial charge < -0.3 is 15.2 Å². The SMILES string of the molecule is CCc1ccccc1NC(=O)CSc1nnc(-c2ccc(NC(C)=O)cc2)n1CC.